The second-order valence-corrected chi connectivity index (χ2v) is 5.63. The van der Waals surface area contributed by atoms with E-state index in [-0.39, 0.29) is 11.9 Å². The highest BCUT2D eigenvalue weighted by atomic mass is 16.5. The van der Waals surface area contributed by atoms with E-state index in [0.29, 0.717) is 11.8 Å². The lowest BCUT2D eigenvalue weighted by Gasteiger charge is -2.18. The minimum atomic E-state index is -0.110. The summed E-state index contributed by atoms with van der Waals surface area (Å²) in [6, 6.07) is 8.63. The highest BCUT2D eigenvalue weighted by Gasteiger charge is 2.23. The summed E-state index contributed by atoms with van der Waals surface area (Å²) in [5, 5.41) is 0. The molecule has 1 aromatic rings. The molecule has 0 heterocycles. The maximum Gasteiger partial charge on any atom is 0.309 e. The van der Waals surface area contributed by atoms with Gasteiger partial charge in [-0.2, -0.15) is 0 Å². The van der Waals surface area contributed by atoms with Crippen LogP contribution in [-0.4, -0.2) is 13.1 Å². The van der Waals surface area contributed by atoms with Crippen LogP contribution in [0, 0.1) is 11.8 Å². The molecule has 19 heavy (non-hydrogen) atoms. The lowest BCUT2D eigenvalue weighted by atomic mass is 9.88. The van der Waals surface area contributed by atoms with E-state index < -0.39 is 0 Å². The standard InChI is InChI=1S/C17H26O2/c1-6-13(4)15-9-7-14(8-10-15)11-16(12(2)3)17(18)19-5/h7-10,12-13,16H,6,11H2,1-5H3. The number of esters is 1. The normalized spacial score (nSPS) is 14.2. The van der Waals surface area contributed by atoms with E-state index >= 15 is 0 Å². The summed E-state index contributed by atoms with van der Waals surface area (Å²) >= 11 is 0. The summed E-state index contributed by atoms with van der Waals surface area (Å²) < 4.78 is 4.89. The minimum Gasteiger partial charge on any atom is -0.469 e. The molecule has 0 amide bonds. The average Bonchev–Trinajstić information content (AvgIpc) is 2.43. The molecule has 0 fully saturated rings. The lowest BCUT2D eigenvalue weighted by Crippen LogP contribution is -2.23. The van der Waals surface area contributed by atoms with Crippen LogP contribution in [0.25, 0.3) is 0 Å². The number of benzene rings is 1. The topological polar surface area (TPSA) is 26.3 Å². The lowest BCUT2D eigenvalue weighted by molar-refractivity contribution is -0.146. The summed E-state index contributed by atoms with van der Waals surface area (Å²) in [6.07, 6.45) is 1.90. The van der Waals surface area contributed by atoms with E-state index in [9.17, 15) is 4.79 Å². The van der Waals surface area contributed by atoms with Gasteiger partial charge in [-0.25, -0.2) is 0 Å². The van der Waals surface area contributed by atoms with Crippen LogP contribution in [0.1, 0.15) is 51.2 Å². The molecule has 0 spiro atoms. The number of hydrogen-bond donors (Lipinski definition) is 0. The molecule has 0 aliphatic heterocycles. The van der Waals surface area contributed by atoms with Crippen molar-refractivity contribution in [1.82, 2.24) is 0 Å². The number of rotatable bonds is 6. The van der Waals surface area contributed by atoms with Gasteiger partial charge in [0, 0.05) is 0 Å². The average molecular weight is 262 g/mol. The molecule has 2 nitrogen and oxygen atoms in total. The van der Waals surface area contributed by atoms with Crippen molar-refractivity contribution in [2.45, 2.75) is 46.5 Å². The molecule has 0 saturated heterocycles. The van der Waals surface area contributed by atoms with Crippen LogP contribution in [0.2, 0.25) is 0 Å². The predicted molar refractivity (Wildman–Crippen MR) is 79.2 cm³/mol. The van der Waals surface area contributed by atoms with E-state index in [1.54, 1.807) is 0 Å². The number of carbonyl (C=O) groups excluding carboxylic acids is 1. The second kappa shape index (κ2) is 7.32. The van der Waals surface area contributed by atoms with E-state index in [4.69, 9.17) is 4.74 Å². The Morgan fingerprint density at radius 3 is 2.16 bits per heavy atom. The van der Waals surface area contributed by atoms with Gasteiger partial charge in [0.15, 0.2) is 0 Å². The third-order valence-corrected chi connectivity index (χ3v) is 3.93. The third-order valence-electron chi connectivity index (χ3n) is 3.93. The van der Waals surface area contributed by atoms with E-state index in [1.807, 2.05) is 0 Å². The predicted octanol–water partition coefficient (Wildman–Crippen LogP) is 4.19. The zero-order valence-corrected chi connectivity index (χ0v) is 12.8. The fourth-order valence-corrected chi connectivity index (χ4v) is 2.21. The van der Waals surface area contributed by atoms with Crippen molar-refractivity contribution in [3.8, 4) is 0 Å². The van der Waals surface area contributed by atoms with Gasteiger partial charge in [0.1, 0.15) is 0 Å². The molecule has 106 valence electrons. The van der Waals surface area contributed by atoms with Gasteiger partial charge in [0.25, 0.3) is 0 Å². The molecule has 0 bridgehead atoms. The van der Waals surface area contributed by atoms with Crippen LogP contribution < -0.4 is 0 Å². The van der Waals surface area contributed by atoms with Crippen LogP contribution in [0.4, 0.5) is 0 Å². The fourth-order valence-electron chi connectivity index (χ4n) is 2.21. The molecule has 0 radical (unpaired) electrons. The van der Waals surface area contributed by atoms with E-state index in [0.717, 1.165) is 12.8 Å². The second-order valence-electron chi connectivity index (χ2n) is 5.63. The van der Waals surface area contributed by atoms with Gasteiger partial charge >= 0.3 is 5.97 Å². The molecule has 1 aromatic carbocycles. The summed E-state index contributed by atoms with van der Waals surface area (Å²) in [6.45, 7) is 8.56. The number of carbonyl (C=O) groups is 1. The van der Waals surface area contributed by atoms with Gasteiger partial charge in [0.2, 0.25) is 0 Å². The molecule has 0 aromatic heterocycles. The molecule has 2 unspecified atom stereocenters. The first-order valence-corrected chi connectivity index (χ1v) is 7.16. The summed E-state index contributed by atoms with van der Waals surface area (Å²) in [7, 11) is 1.46. The van der Waals surface area contributed by atoms with E-state index in [2.05, 4.69) is 52.0 Å². The Bertz CT molecular complexity index is 392. The molecular formula is C17H26O2. The molecule has 0 aliphatic rings. The highest BCUT2D eigenvalue weighted by Crippen LogP contribution is 2.22. The van der Waals surface area contributed by atoms with Crippen LogP contribution in [0.3, 0.4) is 0 Å². The minimum absolute atomic E-state index is 0.0561. The zero-order valence-electron chi connectivity index (χ0n) is 12.8. The van der Waals surface area contributed by atoms with Crippen LogP contribution in [0.5, 0.6) is 0 Å². The van der Waals surface area contributed by atoms with Crippen LogP contribution >= 0.6 is 0 Å². The van der Waals surface area contributed by atoms with Gasteiger partial charge in [0.05, 0.1) is 13.0 Å². The molecular weight excluding hydrogens is 236 g/mol. The van der Waals surface area contributed by atoms with Crippen molar-refractivity contribution in [1.29, 1.82) is 0 Å². The van der Waals surface area contributed by atoms with Crippen LogP contribution in [-0.2, 0) is 16.0 Å². The Balaban J connectivity index is 2.78. The fraction of sp³-hybridized carbons (Fsp3) is 0.588. The monoisotopic (exact) mass is 262 g/mol. The molecule has 2 atom stereocenters. The SMILES string of the molecule is CCC(C)c1ccc(CC(C(=O)OC)C(C)C)cc1. The van der Waals surface area contributed by atoms with Gasteiger partial charge in [-0.1, -0.05) is 52.0 Å². The number of methoxy groups -OCH3 is 1. The molecule has 0 N–H and O–H groups in total. The summed E-state index contributed by atoms with van der Waals surface area (Å²) in [5.74, 6) is 0.720. The Hall–Kier alpha value is -1.31. The third kappa shape index (κ3) is 4.38. The largest absolute Gasteiger partial charge is 0.469 e. The van der Waals surface area contributed by atoms with Crippen molar-refractivity contribution >= 4 is 5.97 Å². The van der Waals surface area contributed by atoms with Crippen molar-refractivity contribution in [3.05, 3.63) is 35.4 Å². The Morgan fingerprint density at radius 2 is 1.74 bits per heavy atom. The van der Waals surface area contributed by atoms with Crippen molar-refractivity contribution < 1.29 is 9.53 Å². The van der Waals surface area contributed by atoms with Gasteiger partial charge in [-0.05, 0) is 35.8 Å². The zero-order chi connectivity index (χ0) is 14.4. The maximum absolute atomic E-state index is 11.8. The van der Waals surface area contributed by atoms with Crippen molar-refractivity contribution in [2.75, 3.05) is 7.11 Å². The smallest absolute Gasteiger partial charge is 0.309 e. The highest BCUT2D eigenvalue weighted by molar-refractivity contribution is 5.72. The quantitative estimate of drug-likeness (QED) is 0.719. The van der Waals surface area contributed by atoms with Crippen molar-refractivity contribution in [2.24, 2.45) is 11.8 Å². The van der Waals surface area contributed by atoms with Crippen LogP contribution in [0.15, 0.2) is 24.3 Å². The number of ether oxygens (including phenoxy) is 1. The Kier molecular flexibility index (Phi) is 6.07. The summed E-state index contributed by atoms with van der Waals surface area (Å²) in [5.41, 5.74) is 2.57. The maximum atomic E-state index is 11.8. The number of hydrogen-bond acceptors (Lipinski definition) is 2. The first-order valence-electron chi connectivity index (χ1n) is 7.16. The van der Waals surface area contributed by atoms with E-state index in [1.165, 1.54) is 18.2 Å². The Morgan fingerprint density at radius 1 is 1.16 bits per heavy atom. The molecule has 0 aliphatic carbocycles. The molecule has 2 heteroatoms. The van der Waals surface area contributed by atoms with Gasteiger partial charge in [-0.3, -0.25) is 4.79 Å². The first-order chi connectivity index (χ1) is 8.99. The van der Waals surface area contributed by atoms with Gasteiger partial charge in [-0.15, -0.1) is 0 Å². The molecule has 0 saturated carbocycles. The molecule has 1 rings (SSSR count). The first kappa shape index (κ1) is 15.7. The Labute approximate surface area is 117 Å². The van der Waals surface area contributed by atoms with Gasteiger partial charge < -0.3 is 4.74 Å². The summed E-state index contributed by atoms with van der Waals surface area (Å²) in [4.78, 5) is 11.8. The van der Waals surface area contributed by atoms with Crippen molar-refractivity contribution in [3.63, 3.8) is 0 Å².